The monoisotopic (exact) mass is 875 g/mol. The quantitative estimate of drug-likeness (QED) is 0.160. The maximum absolute atomic E-state index is 7.13. The van der Waals surface area contributed by atoms with Gasteiger partial charge in [-0.15, -0.1) is 20.1 Å². The van der Waals surface area contributed by atoms with Gasteiger partial charge in [-0.2, -0.15) is 0 Å². The molecule has 12 rings (SSSR count). The van der Waals surface area contributed by atoms with Crippen molar-refractivity contribution in [2.75, 3.05) is 0 Å². The highest BCUT2D eigenvalue weighted by molar-refractivity contribution is 8.34. The van der Waals surface area contributed by atoms with E-state index in [9.17, 15) is 0 Å². The Kier molecular flexibility index (Phi) is 9.47. The van der Waals surface area contributed by atoms with Crippen molar-refractivity contribution in [1.29, 1.82) is 0 Å². The van der Waals surface area contributed by atoms with Crippen molar-refractivity contribution in [3.05, 3.63) is 236 Å². The molecule has 0 saturated carbocycles. The molecule has 7 heteroatoms. The van der Waals surface area contributed by atoms with Crippen LogP contribution in [0.2, 0.25) is 0 Å². The lowest BCUT2D eigenvalue weighted by molar-refractivity contribution is 0.453. The van der Waals surface area contributed by atoms with Gasteiger partial charge in [0.2, 0.25) is 0 Å². The van der Waals surface area contributed by atoms with Gasteiger partial charge in [0.05, 0.1) is 11.1 Å². The van der Waals surface area contributed by atoms with Crippen molar-refractivity contribution in [3.8, 4) is 57.2 Å². The molecule has 0 aliphatic carbocycles. The van der Waals surface area contributed by atoms with E-state index in [1.165, 1.54) is 19.6 Å². The molecule has 3 heterocycles. The first-order chi connectivity index (χ1) is 32.2. The SMILES string of the molecule is Cc1ccccc1-c1nc(-c2cccc3c2Oc2ccccc2S3(c2ccccc2)c2ccccc2)nc(-c2cccc3c2Oc2ccccc2S3(c2ccccc2)c2ccccc2)n1. The van der Waals surface area contributed by atoms with Gasteiger partial charge < -0.3 is 9.47 Å². The summed E-state index contributed by atoms with van der Waals surface area (Å²) in [4.78, 5) is 25.5. The van der Waals surface area contributed by atoms with E-state index in [0.717, 1.165) is 64.8 Å². The maximum Gasteiger partial charge on any atom is 0.167 e. The van der Waals surface area contributed by atoms with Gasteiger partial charge in [-0.25, -0.2) is 15.0 Å². The minimum atomic E-state index is -2.06. The zero-order valence-electron chi connectivity index (χ0n) is 35.4. The predicted octanol–water partition coefficient (Wildman–Crippen LogP) is 16.1. The summed E-state index contributed by atoms with van der Waals surface area (Å²) >= 11 is 0. The second-order valence-electron chi connectivity index (χ2n) is 16.0. The Morgan fingerprint density at radius 1 is 0.292 bits per heavy atom. The molecule has 0 saturated heterocycles. The maximum atomic E-state index is 7.13. The number of para-hydroxylation sites is 4. The Bertz CT molecular complexity index is 3120. The van der Waals surface area contributed by atoms with Gasteiger partial charge in [0.25, 0.3) is 0 Å². The Morgan fingerprint density at radius 3 is 1.00 bits per heavy atom. The molecular formula is C58H41N3O2S2. The lowest BCUT2D eigenvalue weighted by Crippen LogP contribution is -2.13. The first kappa shape index (κ1) is 38.9. The van der Waals surface area contributed by atoms with Crippen molar-refractivity contribution in [2.45, 2.75) is 46.1 Å². The first-order valence-corrected chi connectivity index (χ1v) is 24.9. The number of hydrogen-bond donors (Lipinski definition) is 0. The molecule has 2 aliphatic heterocycles. The van der Waals surface area contributed by atoms with Crippen molar-refractivity contribution < 1.29 is 9.47 Å². The molecular weight excluding hydrogens is 835 g/mol. The Hall–Kier alpha value is -7.71. The highest BCUT2D eigenvalue weighted by Gasteiger charge is 2.44. The summed E-state index contributed by atoms with van der Waals surface area (Å²) in [6.07, 6.45) is 0. The number of ether oxygens (including phenoxy) is 2. The lowest BCUT2D eigenvalue weighted by atomic mass is 10.1. The van der Waals surface area contributed by atoms with Crippen LogP contribution in [0.1, 0.15) is 5.56 Å². The van der Waals surface area contributed by atoms with Gasteiger partial charge in [0, 0.05) is 44.7 Å². The number of aromatic nitrogens is 3. The number of hydrogen-bond acceptors (Lipinski definition) is 5. The first-order valence-electron chi connectivity index (χ1n) is 21.7. The third-order valence-corrected chi connectivity index (χ3v) is 20.2. The fourth-order valence-electron chi connectivity index (χ4n) is 9.46. The lowest BCUT2D eigenvalue weighted by Gasteiger charge is -2.46. The molecule has 10 aromatic rings. The van der Waals surface area contributed by atoms with Crippen LogP contribution in [-0.4, -0.2) is 15.0 Å². The molecule has 0 spiro atoms. The fourth-order valence-corrected chi connectivity index (χ4v) is 17.6. The summed E-state index contributed by atoms with van der Waals surface area (Å²) in [5.74, 6) is 4.69. The molecule has 9 aromatic carbocycles. The minimum absolute atomic E-state index is 0.512. The van der Waals surface area contributed by atoms with Gasteiger partial charge in [0.15, 0.2) is 29.0 Å². The number of benzene rings is 9. The Labute approximate surface area is 381 Å². The molecule has 0 unspecified atom stereocenters. The average Bonchev–Trinajstić information content (AvgIpc) is 3.38. The topological polar surface area (TPSA) is 57.1 Å². The summed E-state index contributed by atoms with van der Waals surface area (Å²) in [6.45, 7) is 2.10. The van der Waals surface area contributed by atoms with E-state index < -0.39 is 20.1 Å². The van der Waals surface area contributed by atoms with Crippen LogP contribution in [0.3, 0.4) is 0 Å². The number of aryl methyl sites for hydroxylation is 1. The molecule has 0 amide bonds. The zero-order valence-corrected chi connectivity index (χ0v) is 37.0. The summed E-state index contributed by atoms with van der Waals surface area (Å²) < 4.78 is 14.3. The van der Waals surface area contributed by atoms with E-state index in [-0.39, 0.29) is 0 Å². The van der Waals surface area contributed by atoms with Crippen LogP contribution in [0, 0.1) is 6.92 Å². The van der Waals surface area contributed by atoms with Crippen LogP contribution in [0.4, 0.5) is 0 Å². The van der Waals surface area contributed by atoms with Gasteiger partial charge in [-0.3, -0.25) is 0 Å². The number of nitrogens with zero attached hydrogens (tertiary/aromatic N) is 3. The smallest absolute Gasteiger partial charge is 0.167 e. The molecule has 312 valence electrons. The summed E-state index contributed by atoms with van der Waals surface area (Å²) in [6, 6.07) is 81.5. The molecule has 0 N–H and O–H groups in total. The van der Waals surface area contributed by atoms with Crippen molar-refractivity contribution >= 4 is 20.1 Å². The predicted molar refractivity (Wildman–Crippen MR) is 261 cm³/mol. The molecule has 0 radical (unpaired) electrons. The third kappa shape index (κ3) is 6.07. The highest BCUT2D eigenvalue weighted by Crippen LogP contribution is 2.81. The zero-order chi connectivity index (χ0) is 43.4. The molecule has 65 heavy (non-hydrogen) atoms. The third-order valence-electron chi connectivity index (χ3n) is 12.3. The molecule has 2 aliphatic rings. The van der Waals surface area contributed by atoms with Crippen LogP contribution < -0.4 is 9.47 Å². The van der Waals surface area contributed by atoms with Gasteiger partial charge >= 0.3 is 0 Å². The van der Waals surface area contributed by atoms with E-state index in [0.29, 0.717) is 17.5 Å². The molecule has 0 fully saturated rings. The molecule has 1 aromatic heterocycles. The second kappa shape index (κ2) is 15.8. The summed E-state index contributed by atoms with van der Waals surface area (Å²) in [7, 11) is -4.11. The summed E-state index contributed by atoms with van der Waals surface area (Å²) in [5.41, 5.74) is 3.55. The Balaban J connectivity index is 1.14. The molecule has 5 nitrogen and oxygen atoms in total. The van der Waals surface area contributed by atoms with E-state index in [2.05, 4.69) is 213 Å². The minimum Gasteiger partial charge on any atom is -0.454 e. The van der Waals surface area contributed by atoms with Gasteiger partial charge in [-0.05, 0) is 110 Å². The van der Waals surface area contributed by atoms with E-state index in [1.807, 2.05) is 24.3 Å². The van der Waals surface area contributed by atoms with Crippen LogP contribution in [-0.2, 0) is 0 Å². The largest absolute Gasteiger partial charge is 0.454 e. The highest BCUT2D eigenvalue weighted by atomic mass is 32.3. The Morgan fingerprint density at radius 2 is 0.600 bits per heavy atom. The number of fused-ring (bicyclic) bond motifs is 4. The van der Waals surface area contributed by atoms with E-state index in [1.54, 1.807) is 0 Å². The average molecular weight is 876 g/mol. The van der Waals surface area contributed by atoms with Crippen molar-refractivity contribution in [3.63, 3.8) is 0 Å². The van der Waals surface area contributed by atoms with Crippen LogP contribution in [0.25, 0.3) is 34.2 Å². The van der Waals surface area contributed by atoms with Crippen molar-refractivity contribution in [2.24, 2.45) is 0 Å². The van der Waals surface area contributed by atoms with Crippen molar-refractivity contribution in [1.82, 2.24) is 15.0 Å². The van der Waals surface area contributed by atoms with Crippen LogP contribution in [0.15, 0.2) is 270 Å². The normalized spacial score (nSPS) is 14.8. The van der Waals surface area contributed by atoms with Gasteiger partial charge in [-0.1, -0.05) is 133 Å². The number of rotatable bonds is 7. The second-order valence-corrected chi connectivity index (χ2v) is 22.1. The standard InChI is InChI=1S/C58H41N3O2S2/c1-40-22-14-15-31-45(40)56-59-57(46-32-20-38-52-54(46)62-48-34-16-18-36-50(48)64(52,41-23-6-2-7-24-41)42-25-8-3-9-26-42)61-58(60-56)47-33-21-39-53-55(47)63-49-35-17-19-37-51(49)65(53,43-27-10-4-11-28-43)44-29-12-5-13-30-44/h2-39H,1H3. The molecule has 0 bridgehead atoms. The molecule has 0 atom stereocenters. The van der Waals surface area contributed by atoms with Crippen LogP contribution >= 0.6 is 20.1 Å². The fraction of sp³-hybridized carbons (Fsp3) is 0.0172. The van der Waals surface area contributed by atoms with Gasteiger partial charge in [0.1, 0.15) is 11.5 Å². The van der Waals surface area contributed by atoms with E-state index >= 15 is 0 Å². The van der Waals surface area contributed by atoms with Crippen LogP contribution in [0.5, 0.6) is 23.0 Å². The summed E-state index contributed by atoms with van der Waals surface area (Å²) in [5, 5.41) is 0. The van der Waals surface area contributed by atoms with E-state index in [4.69, 9.17) is 24.4 Å².